The van der Waals surface area contributed by atoms with Crippen molar-refractivity contribution in [2.75, 3.05) is 0 Å². The Labute approximate surface area is 69.4 Å². The van der Waals surface area contributed by atoms with Crippen LogP contribution in [0.1, 0.15) is 13.3 Å². The quantitative estimate of drug-likeness (QED) is 0.602. The van der Waals surface area contributed by atoms with Gasteiger partial charge in [0.25, 0.3) is 0 Å². The minimum Gasteiger partial charge on any atom is -0.481 e. The maximum atomic E-state index is 10.4. The van der Waals surface area contributed by atoms with Gasteiger partial charge in [-0.25, -0.2) is 11.4 Å². The van der Waals surface area contributed by atoms with Crippen molar-refractivity contribution in [1.82, 2.24) is 0 Å². The predicted octanol–water partition coefficient (Wildman–Crippen LogP) is 0.470. The molecule has 0 bridgehead atoms. The van der Waals surface area contributed by atoms with Crippen molar-refractivity contribution < 1.29 is 19.8 Å². The first-order valence-electron chi connectivity index (χ1n) is 3.36. The van der Waals surface area contributed by atoms with Crippen LogP contribution in [0.3, 0.4) is 0 Å². The number of aliphatic carboxylic acids is 2. The van der Waals surface area contributed by atoms with Crippen molar-refractivity contribution >= 4 is 11.9 Å². The van der Waals surface area contributed by atoms with Gasteiger partial charge in [-0.3, -0.25) is 4.79 Å². The van der Waals surface area contributed by atoms with Crippen LogP contribution in [0, 0.1) is 12.5 Å². The monoisotopic (exact) mass is 171 g/mol. The second kappa shape index (κ2) is 4.34. The number of rotatable bonds is 4. The molecule has 2 unspecified atom stereocenters. The van der Waals surface area contributed by atoms with Crippen LogP contribution in [0.4, 0.5) is 0 Å². The van der Waals surface area contributed by atoms with E-state index in [0.29, 0.717) is 0 Å². The van der Waals surface area contributed by atoms with Gasteiger partial charge in [-0.15, -0.1) is 0 Å². The zero-order chi connectivity index (χ0) is 9.72. The van der Waals surface area contributed by atoms with Gasteiger partial charge >= 0.3 is 18.0 Å². The van der Waals surface area contributed by atoms with Crippen LogP contribution < -0.4 is 0 Å². The summed E-state index contributed by atoms with van der Waals surface area (Å²) in [4.78, 5) is 23.5. The highest BCUT2D eigenvalue weighted by Crippen LogP contribution is 2.12. The topological polar surface area (TPSA) is 79.0 Å². The Morgan fingerprint density at radius 2 is 1.92 bits per heavy atom. The van der Waals surface area contributed by atoms with Crippen molar-refractivity contribution in [3.63, 3.8) is 0 Å². The van der Waals surface area contributed by atoms with E-state index < -0.39 is 23.9 Å². The van der Waals surface area contributed by atoms with E-state index in [9.17, 15) is 9.59 Å². The fourth-order valence-electron chi connectivity index (χ4n) is 0.850. The average molecular weight is 171 g/mol. The van der Waals surface area contributed by atoms with Gasteiger partial charge in [0, 0.05) is 0 Å². The first kappa shape index (κ1) is 10.4. The van der Waals surface area contributed by atoms with Crippen LogP contribution in [0.5, 0.6) is 0 Å². The van der Waals surface area contributed by atoms with Crippen molar-refractivity contribution in [2.45, 2.75) is 19.4 Å². The van der Waals surface area contributed by atoms with Crippen LogP contribution >= 0.6 is 0 Å². The van der Waals surface area contributed by atoms with E-state index in [1.807, 2.05) is 0 Å². The Bertz CT molecular complexity index is 230. The summed E-state index contributed by atoms with van der Waals surface area (Å²) in [5.41, 5.74) is 0. The molecule has 0 aliphatic heterocycles. The van der Waals surface area contributed by atoms with Crippen LogP contribution in [0.25, 0.3) is 4.85 Å². The molecular formula is C7H9NO4. The van der Waals surface area contributed by atoms with Crippen LogP contribution in [0.15, 0.2) is 0 Å². The summed E-state index contributed by atoms with van der Waals surface area (Å²) in [5, 5.41) is 17.0. The van der Waals surface area contributed by atoms with E-state index >= 15 is 0 Å². The molecule has 0 aromatic carbocycles. The molecule has 0 radical (unpaired) electrons. The zero-order valence-electron chi connectivity index (χ0n) is 6.52. The Balaban J connectivity index is 4.59. The van der Waals surface area contributed by atoms with Crippen molar-refractivity contribution in [2.24, 2.45) is 5.92 Å². The Kier molecular flexibility index (Phi) is 3.77. The molecule has 0 aromatic rings. The summed E-state index contributed by atoms with van der Waals surface area (Å²) in [6, 6.07) is -1.47. The third kappa shape index (κ3) is 2.23. The van der Waals surface area contributed by atoms with E-state index in [-0.39, 0.29) is 6.42 Å². The first-order valence-corrected chi connectivity index (χ1v) is 3.36. The predicted molar refractivity (Wildman–Crippen MR) is 39.4 cm³/mol. The highest BCUT2D eigenvalue weighted by molar-refractivity contribution is 5.84. The van der Waals surface area contributed by atoms with Gasteiger partial charge in [0.2, 0.25) is 0 Å². The molecule has 5 heteroatoms. The summed E-state index contributed by atoms with van der Waals surface area (Å²) in [5.74, 6) is -3.72. The van der Waals surface area contributed by atoms with Gasteiger partial charge in [-0.05, 0) is 6.42 Å². The summed E-state index contributed by atoms with van der Waals surface area (Å²) in [6.45, 7) is 8.04. The molecule has 0 spiro atoms. The maximum Gasteiger partial charge on any atom is 0.388 e. The molecule has 0 aliphatic carbocycles. The van der Waals surface area contributed by atoms with E-state index in [1.54, 1.807) is 6.92 Å². The number of hydrogen-bond donors (Lipinski definition) is 2. The van der Waals surface area contributed by atoms with Crippen LogP contribution in [-0.4, -0.2) is 28.2 Å². The molecule has 0 fully saturated rings. The van der Waals surface area contributed by atoms with Gasteiger partial charge < -0.3 is 15.1 Å². The highest BCUT2D eigenvalue weighted by Gasteiger charge is 2.37. The molecular weight excluding hydrogens is 162 g/mol. The fourth-order valence-corrected chi connectivity index (χ4v) is 0.850. The van der Waals surface area contributed by atoms with Gasteiger partial charge in [0.15, 0.2) is 0 Å². The molecule has 0 aliphatic rings. The molecule has 66 valence electrons. The van der Waals surface area contributed by atoms with E-state index in [1.165, 1.54) is 0 Å². The first-order chi connectivity index (χ1) is 5.54. The normalized spacial score (nSPS) is 14.3. The summed E-state index contributed by atoms with van der Waals surface area (Å²) < 4.78 is 0. The molecule has 0 saturated heterocycles. The molecule has 0 rings (SSSR count). The van der Waals surface area contributed by atoms with Gasteiger partial charge in [0.05, 0.1) is 0 Å². The smallest absolute Gasteiger partial charge is 0.388 e. The average Bonchev–Trinajstić information content (AvgIpc) is 1.98. The number of hydrogen-bond acceptors (Lipinski definition) is 2. The van der Waals surface area contributed by atoms with E-state index in [0.717, 1.165) is 0 Å². The lowest BCUT2D eigenvalue weighted by Gasteiger charge is -2.07. The maximum absolute atomic E-state index is 10.4. The SMILES string of the molecule is [C-]#[N+]C(C(=O)O)C(CC)C(=O)O. The second-order valence-corrected chi connectivity index (χ2v) is 2.27. The Hall–Kier alpha value is -1.57. The number of carbonyl (C=O) groups is 2. The molecule has 2 atom stereocenters. The fraction of sp³-hybridized carbons (Fsp3) is 0.571. The number of carboxylic acids is 2. The summed E-state index contributed by atoms with van der Waals surface area (Å²) >= 11 is 0. The largest absolute Gasteiger partial charge is 0.481 e. The lowest BCUT2D eigenvalue weighted by atomic mass is 9.98. The molecule has 0 saturated carbocycles. The third-order valence-electron chi connectivity index (χ3n) is 1.53. The van der Waals surface area contributed by atoms with Gasteiger partial charge in [-0.2, -0.15) is 0 Å². The lowest BCUT2D eigenvalue weighted by molar-refractivity contribution is -0.148. The zero-order valence-corrected chi connectivity index (χ0v) is 6.52. The Morgan fingerprint density at radius 1 is 1.42 bits per heavy atom. The van der Waals surface area contributed by atoms with Crippen molar-refractivity contribution in [3.8, 4) is 0 Å². The minimum absolute atomic E-state index is 0.147. The molecule has 12 heavy (non-hydrogen) atoms. The van der Waals surface area contributed by atoms with Crippen molar-refractivity contribution in [1.29, 1.82) is 0 Å². The molecule has 2 N–H and O–H groups in total. The summed E-state index contributed by atoms with van der Waals surface area (Å²) in [6.07, 6.45) is 0.147. The van der Waals surface area contributed by atoms with Gasteiger partial charge in [-0.1, -0.05) is 6.92 Å². The van der Waals surface area contributed by atoms with Crippen LogP contribution in [0.2, 0.25) is 0 Å². The Morgan fingerprint density at radius 3 is 2.00 bits per heavy atom. The summed E-state index contributed by atoms with van der Waals surface area (Å²) in [7, 11) is 0. The third-order valence-corrected chi connectivity index (χ3v) is 1.53. The lowest BCUT2D eigenvalue weighted by Crippen LogP contribution is -2.31. The molecule has 0 heterocycles. The van der Waals surface area contributed by atoms with Crippen LogP contribution in [-0.2, 0) is 9.59 Å². The molecule has 5 nitrogen and oxygen atoms in total. The second-order valence-electron chi connectivity index (χ2n) is 2.27. The number of carboxylic acid groups (broad SMARTS) is 2. The standard InChI is InChI=1S/C7H9NO4/c1-3-4(6(9)10)5(8-2)7(11)12/h4-5H,3H2,1H3,(H,9,10)(H,11,12). The highest BCUT2D eigenvalue weighted by atomic mass is 16.4. The van der Waals surface area contributed by atoms with E-state index in [2.05, 4.69) is 4.85 Å². The molecule has 0 aromatic heterocycles. The van der Waals surface area contributed by atoms with Gasteiger partial charge in [0.1, 0.15) is 5.92 Å². The molecule has 0 amide bonds. The number of nitrogens with zero attached hydrogens (tertiary/aromatic N) is 1. The van der Waals surface area contributed by atoms with Crippen molar-refractivity contribution in [3.05, 3.63) is 11.4 Å². The van der Waals surface area contributed by atoms with E-state index in [4.69, 9.17) is 16.8 Å². The minimum atomic E-state index is -1.47.